The Morgan fingerprint density at radius 2 is 2.12 bits per heavy atom. The number of carbonyl (C=O) groups excluding carboxylic acids is 1. The molecule has 2 aliphatic rings. The number of carbonyl (C=O) groups is 1. The second-order valence-electron chi connectivity index (χ2n) is 7.01. The third kappa shape index (κ3) is 2.79. The monoisotopic (exact) mass is 359 g/mol. The molecule has 0 radical (unpaired) electrons. The standard InChI is InChI=1S/C20H22FNO2S/c1-14-4-5-15-13-16(21)6-7-17(15)22(14)19(23)20(8-10-24-11-9-20)18-3-2-12-25-18/h2-3,6-7,12-14H,4-5,8-11H2,1H3/t14-/m1/s1. The zero-order valence-electron chi connectivity index (χ0n) is 14.3. The van der Waals surface area contributed by atoms with Crippen LogP contribution in [0.25, 0.3) is 0 Å². The maximum absolute atomic E-state index is 13.8. The highest BCUT2D eigenvalue weighted by atomic mass is 32.1. The van der Waals surface area contributed by atoms with Crippen molar-refractivity contribution in [3.63, 3.8) is 0 Å². The van der Waals surface area contributed by atoms with Crippen LogP contribution in [0.1, 0.15) is 36.6 Å². The van der Waals surface area contributed by atoms with Crippen LogP contribution in [0.4, 0.5) is 10.1 Å². The molecule has 3 nitrogen and oxygen atoms in total. The second kappa shape index (κ2) is 6.54. The number of hydrogen-bond acceptors (Lipinski definition) is 3. The fraction of sp³-hybridized carbons (Fsp3) is 0.450. The maximum atomic E-state index is 13.8. The van der Waals surface area contributed by atoms with Crippen molar-refractivity contribution in [2.75, 3.05) is 18.1 Å². The molecule has 5 heteroatoms. The SMILES string of the molecule is C[C@@H]1CCc2cc(F)ccc2N1C(=O)C1(c2cccs2)CCOCC1. The number of benzene rings is 1. The molecule has 1 aromatic heterocycles. The van der Waals surface area contributed by atoms with E-state index >= 15 is 0 Å². The second-order valence-corrected chi connectivity index (χ2v) is 7.96. The number of aryl methyl sites for hydroxylation is 1. The summed E-state index contributed by atoms with van der Waals surface area (Å²) < 4.78 is 19.2. The van der Waals surface area contributed by atoms with Crippen molar-refractivity contribution in [1.29, 1.82) is 0 Å². The van der Waals surface area contributed by atoms with Crippen molar-refractivity contribution in [1.82, 2.24) is 0 Å². The van der Waals surface area contributed by atoms with Gasteiger partial charge in [-0.05, 0) is 67.8 Å². The van der Waals surface area contributed by atoms with E-state index in [1.165, 1.54) is 6.07 Å². The first-order valence-corrected chi connectivity index (χ1v) is 9.73. The molecule has 25 heavy (non-hydrogen) atoms. The molecule has 3 heterocycles. The molecular weight excluding hydrogens is 337 g/mol. The molecule has 0 bridgehead atoms. The first kappa shape index (κ1) is 16.7. The van der Waals surface area contributed by atoms with E-state index in [0.717, 1.165) is 29.0 Å². The highest BCUT2D eigenvalue weighted by molar-refractivity contribution is 7.10. The lowest BCUT2D eigenvalue weighted by atomic mass is 9.76. The largest absolute Gasteiger partial charge is 0.381 e. The van der Waals surface area contributed by atoms with Crippen LogP contribution in [0.2, 0.25) is 0 Å². The van der Waals surface area contributed by atoms with Gasteiger partial charge in [0.05, 0.1) is 5.41 Å². The Morgan fingerprint density at radius 1 is 1.32 bits per heavy atom. The minimum absolute atomic E-state index is 0.116. The Morgan fingerprint density at radius 3 is 2.84 bits per heavy atom. The first-order chi connectivity index (χ1) is 12.1. The molecule has 0 saturated carbocycles. The van der Waals surface area contributed by atoms with E-state index in [4.69, 9.17) is 4.74 Å². The molecule has 2 aromatic rings. The molecule has 1 amide bonds. The van der Waals surface area contributed by atoms with Crippen LogP contribution in [0.3, 0.4) is 0 Å². The predicted octanol–water partition coefficient (Wildman–Crippen LogP) is 4.30. The van der Waals surface area contributed by atoms with Crippen molar-refractivity contribution >= 4 is 22.9 Å². The molecule has 1 saturated heterocycles. The van der Waals surface area contributed by atoms with Crippen molar-refractivity contribution in [3.05, 3.63) is 52.0 Å². The highest BCUT2D eigenvalue weighted by Crippen LogP contribution is 2.42. The van der Waals surface area contributed by atoms with E-state index in [9.17, 15) is 9.18 Å². The lowest BCUT2D eigenvalue weighted by Crippen LogP contribution is -2.54. The zero-order valence-corrected chi connectivity index (χ0v) is 15.2. The summed E-state index contributed by atoms with van der Waals surface area (Å²) in [4.78, 5) is 16.8. The third-order valence-electron chi connectivity index (χ3n) is 5.54. The Bertz CT molecular complexity index is 768. The van der Waals surface area contributed by atoms with E-state index in [0.29, 0.717) is 26.1 Å². The first-order valence-electron chi connectivity index (χ1n) is 8.86. The average Bonchev–Trinajstić information content (AvgIpc) is 3.17. The summed E-state index contributed by atoms with van der Waals surface area (Å²) in [6, 6.07) is 8.98. The lowest BCUT2D eigenvalue weighted by Gasteiger charge is -2.43. The van der Waals surface area contributed by atoms with E-state index in [1.54, 1.807) is 23.5 Å². The fourth-order valence-corrected chi connectivity index (χ4v) is 5.07. The van der Waals surface area contributed by atoms with Gasteiger partial charge in [-0.25, -0.2) is 4.39 Å². The number of fused-ring (bicyclic) bond motifs is 1. The van der Waals surface area contributed by atoms with Gasteiger partial charge in [-0.1, -0.05) is 6.07 Å². The smallest absolute Gasteiger partial charge is 0.238 e. The van der Waals surface area contributed by atoms with Crippen LogP contribution in [-0.2, 0) is 21.4 Å². The number of rotatable bonds is 2. The molecular formula is C20H22FNO2S. The van der Waals surface area contributed by atoms with Crippen LogP contribution >= 0.6 is 11.3 Å². The van der Waals surface area contributed by atoms with Crippen LogP contribution in [-0.4, -0.2) is 25.2 Å². The molecule has 4 rings (SSSR count). The van der Waals surface area contributed by atoms with Crippen molar-refractivity contribution in [2.45, 2.75) is 44.1 Å². The number of anilines is 1. The number of amides is 1. The summed E-state index contributed by atoms with van der Waals surface area (Å²) in [5, 5.41) is 2.03. The minimum atomic E-state index is -0.524. The summed E-state index contributed by atoms with van der Waals surface area (Å²) in [6.45, 7) is 3.29. The summed E-state index contributed by atoms with van der Waals surface area (Å²) in [5.41, 5.74) is 1.27. The van der Waals surface area contributed by atoms with E-state index in [-0.39, 0.29) is 17.8 Å². The van der Waals surface area contributed by atoms with Crippen LogP contribution in [0, 0.1) is 5.82 Å². The van der Waals surface area contributed by atoms with Crippen LogP contribution in [0.15, 0.2) is 35.7 Å². The number of thiophene rings is 1. The molecule has 132 valence electrons. The topological polar surface area (TPSA) is 29.5 Å². The third-order valence-corrected chi connectivity index (χ3v) is 6.61. The van der Waals surface area contributed by atoms with Gasteiger partial charge in [0, 0.05) is 29.8 Å². The quantitative estimate of drug-likeness (QED) is 0.800. The average molecular weight is 359 g/mol. The number of halogens is 1. The van der Waals surface area contributed by atoms with Gasteiger partial charge in [0.1, 0.15) is 5.82 Å². The Labute approximate surface area is 151 Å². The molecule has 1 atom stereocenters. The normalized spacial score (nSPS) is 22.5. The Balaban J connectivity index is 1.78. The Kier molecular flexibility index (Phi) is 4.38. The van der Waals surface area contributed by atoms with Crippen molar-refractivity contribution in [3.8, 4) is 0 Å². The molecule has 1 fully saturated rings. The highest BCUT2D eigenvalue weighted by Gasteiger charge is 2.47. The van der Waals surface area contributed by atoms with Gasteiger partial charge in [-0.3, -0.25) is 4.79 Å². The van der Waals surface area contributed by atoms with Gasteiger partial charge >= 0.3 is 0 Å². The predicted molar refractivity (Wildman–Crippen MR) is 97.7 cm³/mol. The van der Waals surface area contributed by atoms with Gasteiger partial charge in [-0.2, -0.15) is 0 Å². The van der Waals surface area contributed by atoms with Gasteiger partial charge in [0.15, 0.2) is 0 Å². The van der Waals surface area contributed by atoms with Crippen LogP contribution in [0.5, 0.6) is 0 Å². The summed E-state index contributed by atoms with van der Waals surface area (Å²) in [7, 11) is 0. The summed E-state index contributed by atoms with van der Waals surface area (Å²) >= 11 is 1.64. The lowest BCUT2D eigenvalue weighted by molar-refractivity contribution is -0.128. The van der Waals surface area contributed by atoms with Crippen LogP contribution < -0.4 is 4.90 Å². The van der Waals surface area contributed by atoms with Gasteiger partial charge < -0.3 is 9.64 Å². The number of ether oxygens (including phenoxy) is 1. The van der Waals surface area contributed by atoms with E-state index in [2.05, 4.69) is 13.0 Å². The zero-order chi connectivity index (χ0) is 17.4. The number of nitrogens with zero attached hydrogens (tertiary/aromatic N) is 1. The van der Waals surface area contributed by atoms with Gasteiger partial charge in [0.25, 0.3) is 0 Å². The van der Waals surface area contributed by atoms with Gasteiger partial charge in [0.2, 0.25) is 5.91 Å². The van der Waals surface area contributed by atoms with Crippen molar-refractivity contribution < 1.29 is 13.9 Å². The van der Waals surface area contributed by atoms with Crippen molar-refractivity contribution in [2.24, 2.45) is 0 Å². The molecule has 2 aliphatic heterocycles. The Hall–Kier alpha value is -1.72. The fourth-order valence-electron chi connectivity index (χ4n) is 4.10. The molecule has 0 spiro atoms. The minimum Gasteiger partial charge on any atom is -0.381 e. The summed E-state index contributed by atoms with van der Waals surface area (Å²) in [5.74, 6) is -0.0990. The molecule has 1 aromatic carbocycles. The maximum Gasteiger partial charge on any atom is 0.238 e. The molecule has 0 unspecified atom stereocenters. The van der Waals surface area contributed by atoms with Gasteiger partial charge in [-0.15, -0.1) is 11.3 Å². The van der Waals surface area contributed by atoms with E-state index in [1.807, 2.05) is 16.3 Å². The molecule has 0 N–H and O–H groups in total. The number of hydrogen-bond donors (Lipinski definition) is 0. The van der Waals surface area contributed by atoms with E-state index < -0.39 is 5.41 Å². The summed E-state index contributed by atoms with van der Waals surface area (Å²) in [6.07, 6.45) is 3.07. The molecule has 0 aliphatic carbocycles.